The van der Waals surface area contributed by atoms with E-state index in [2.05, 4.69) is 5.10 Å². The Morgan fingerprint density at radius 1 is 1.36 bits per heavy atom. The second kappa shape index (κ2) is 6.29. The first kappa shape index (κ1) is 16.8. The number of hydrogen-bond donors (Lipinski definition) is 1. The smallest absolute Gasteiger partial charge is 0.231 e. The highest BCUT2D eigenvalue weighted by Gasteiger charge is 2.15. The molecule has 2 aromatic rings. The minimum atomic E-state index is -3.75. The summed E-state index contributed by atoms with van der Waals surface area (Å²) in [5.41, 5.74) is 1.07. The third-order valence-corrected chi connectivity index (χ3v) is 3.78. The molecule has 0 bridgehead atoms. The fourth-order valence-corrected chi connectivity index (χ4v) is 2.56. The molecule has 0 atom stereocenters. The van der Waals surface area contributed by atoms with Crippen LogP contribution in [0.25, 0.3) is 6.08 Å². The maximum Gasteiger partial charge on any atom is 0.231 e. The van der Waals surface area contributed by atoms with Gasteiger partial charge in [-0.15, -0.1) is 0 Å². The maximum absolute atomic E-state index is 11.1. The number of sulfonamides is 1. The van der Waals surface area contributed by atoms with E-state index in [1.165, 1.54) is 10.8 Å². The summed E-state index contributed by atoms with van der Waals surface area (Å²) in [6.45, 7) is 1.72. The Balaban J connectivity index is 2.45. The van der Waals surface area contributed by atoms with Crippen molar-refractivity contribution < 1.29 is 13.2 Å². The van der Waals surface area contributed by atoms with Crippen molar-refractivity contribution in [2.45, 2.75) is 6.92 Å². The Kier molecular flexibility index (Phi) is 4.81. The average Bonchev–Trinajstić information content (AvgIpc) is 2.64. The molecule has 2 rings (SSSR count). The van der Waals surface area contributed by atoms with E-state index in [0.717, 1.165) is 5.41 Å². The Morgan fingerprint density at radius 3 is 2.64 bits per heavy atom. The number of nitrogens with two attached hydrogens (primary N) is 1. The number of benzene rings is 1. The molecule has 0 saturated carbocycles. The summed E-state index contributed by atoms with van der Waals surface area (Å²) in [5, 5.41) is 10.8. The SMILES string of the molecule is Cc1nn(C)c(Oc2ccc(Cl)cc2Cl)c1/C=C/S(N)(=O)=O. The van der Waals surface area contributed by atoms with Crippen molar-refractivity contribution in [3.8, 4) is 11.6 Å². The van der Waals surface area contributed by atoms with E-state index in [4.69, 9.17) is 33.1 Å². The molecule has 0 saturated heterocycles. The predicted molar refractivity (Wildman–Crippen MR) is 86.6 cm³/mol. The van der Waals surface area contributed by atoms with Crippen LogP contribution in [0.2, 0.25) is 10.0 Å². The summed E-state index contributed by atoms with van der Waals surface area (Å²) >= 11 is 11.9. The summed E-state index contributed by atoms with van der Waals surface area (Å²) in [5.74, 6) is 0.709. The highest BCUT2D eigenvalue weighted by molar-refractivity contribution is 7.92. The third-order valence-electron chi connectivity index (χ3n) is 2.74. The van der Waals surface area contributed by atoms with Gasteiger partial charge < -0.3 is 4.74 Å². The van der Waals surface area contributed by atoms with Crippen LogP contribution in [0.3, 0.4) is 0 Å². The molecule has 118 valence electrons. The van der Waals surface area contributed by atoms with Crippen molar-refractivity contribution in [3.63, 3.8) is 0 Å². The molecular formula is C13H13Cl2N3O3S. The van der Waals surface area contributed by atoms with Crippen LogP contribution in [0, 0.1) is 6.92 Å². The van der Waals surface area contributed by atoms with Crippen molar-refractivity contribution >= 4 is 39.3 Å². The monoisotopic (exact) mass is 361 g/mol. The lowest BCUT2D eigenvalue weighted by Gasteiger charge is -2.09. The molecule has 0 unspecified atom stereocenters. The van der Waals surface area contributed by atoms with Gasteiger partial charge in [-0.25, -0.2) is 18.2 Å². The van der Waals surface area contributed by atoms with E-state index in [9.17, 15) is 8.42 Å². The Labute approximate surface area is 138 Å². The second-order valence-corrected chi connectivity index (χ2v) is 6.79. The summed E-state index contributed by atoms with van der Waals surface area (Å²) in [4.78, 5) is 0. The van der Waals surface area contributed by atoms with Crippen LogP contribution in [0.4, 0.5) is 0 Å². The molecule has 1 heterocycles. The van der Waals surface area contributed by atoms with Gasteiger partial charge >= 0.3 is 0 Å². The number of ether oxygens (including phenoxy) is 1. The zero-order chi connectivity index (χ0) is 16.5. The van der Waals surface area contributed by atoms with Crippen LogP contribution in [0.15, 0.2) is 23.6 Å². The van der Waals surface area contributed by atoms with Crippen LogP contribution in [-0.4, -0.2) is 18.2 Å². The van der Waals surface area contributed by atoms with Crippen molar-refractivity contribution in [2.75, 3.05) is 0 Å². The van der Waals surface area contributed by atoms with Crippen molar-refractivity contribution in [3.05, 3.63) is 44.9 Å². The predicted octanol–water partition coefficient (Wildman–Crippen LogP) is 3.09. The van der Waals surface area contributed by atoms with E-state index < -0.39 is 10.0 Å². The summed E-state index contributed by atoms with van der Waals surface area (Å²) in [6.07, 6.45) is 1.33. The quantitative estimate of drug-likeness (QED) is 0.905. The van der Waals surface area contributed by atoms with Gasteiger partial charge in [0.05, 0.1) is 16.3 Å². The minimum Gasteiger partial charge on any atom is -0.437 e. The molecule has 6 nitrogen and oxygen atoms in total. The molecule has 0 amide bonds. The molecule has 0 aliphatic rings. The number of nitrogens with zero attached hydrogens (tertiary/aromatic N) is 2. The topological polar surface area (TPSA) is 87.2 Å². The van der Waals surface area contributed by atoms with Gasteiger partial charge in [0.25, 0.3) is 0 Å². The van der Waals surface area contributed by atoms with Crippen LogP contribution >= 0.6 is 23.2 Å². The molecule has 0 fully saturated rings. The molecule has 0 aliphatic heterocycles. The maximum atomic E-state index is 11.1. The van der Waals surface area contributed by atoms with E-state index in [1.807, 2.05) is 0 Å². The second-order valence-electron chi connectivity index (χ2n) is 4.50. The van der Waals surface area contributed by atoms with Gasteiger partial charge in [0.1, 0.15) is 5.75 Å². The number of hydrogen-bond acceptors (Lipinski definition) is 4. The van der Waals surface area contributed by atoms with Gasteiger partial charge in [0, 0.05) is 17.5 Å². The number of rotatable bonds is 4. The van der Waals surface area contributed by atoms with Gasteiger partial charge in [-0.3, -0.25) is 0 Å². The molecule has 22 heavy (non-hydrogen) atoms. The molecular weight excluding hydrogens is 349 g/mol. The summed E-state index contributed by atoms with van der Waals surface area (Å²) in [7, 11) is -2.08. The van der Waals surface area contributed by atoms with Gasteiger partial charge in [0.2, 0.25) is 15.9 Å². The summed E-state index contributed by atoms with van der Waals surface area (Å²) in [6, 6.07) is 4.79. The molecule has 0 radical (unpaired) electrons. The molecule has 1 aromatic heterocycles. The fraction of sp³-hybridized carbons (Fsp3) is 0.154. The van der Waals surface area contributed by atoms with Gasteiger partial charge in [-0.05, 0) is 31.2 Å². The lowest BCUT2D eigenvalue weighted by molar-refractivity contribution is 0.430. The summed E-state index contributed by atoms with van der Waals surface area (Å²) < 4.78 is 29.4. The molecule has 0 aliphatic carbocycles. The van der Waals surface area contributed by atoms with Crippen LogP contribution in [-0.2, 0) is 17.1 Å². The number of aryl methyl sites for hydroxylation is 2. The number of aromatic nitrogens is 2. The number of halogens is 2. The van der Waals surface area contributed by atoms with Crippen molar-refractivity contribution in [1.82, 2.24) is 9.78 Å². The fourth-order valence-electron chi connectivity index (χ4n) is 1.79. The molecule has 0 spiro atoms. The van der Waals surface area contributed by atoms with E-state index in [0.29, 0.717) is 32.9 Å². The highest BCUT2D eigenvalue weighted by Crippen LogP contribution is 2.34. The number of primary sulfonamides is 1. The first-order chi connectivity index (χ1) is 10.2. The first-order valence-electron chi connectivity index (χ1n) is 6.05. The van der Waals surface area contributed by atoms with Crippen LogP contribution in [0.5, 0.6) is 11.6 Å². The average molecular weight is 362 g/mol. The van der Waals surface area contributed by atoms with Gasteiger partial charge in [-0.2, -0.15) is 5.10 Å². The molecule has 2 N–H and O–H groups in total. The Hall–Kier alpha value is -1.54. The lowest BCUT2D eigenvalue weighted by atomic mass is 10.2. The zero-order valence-electron chi connectivity index (χ0n) is 11.7. The highest BCUT2D eigenvalue weighted by atomic mass is 35.5. The lowest BCUT2D eigenvalue weighted by Crippen LogP contribution is -2.06. The van der Waals surface area contributed by atoms with Crippen molar-refractivity contribution in [1.29, 1.82) is 0 Å². The van der Waals surface area contributed by atoms with Gasteiger partial charge in [-0.1, -0.05) is 23.2 Å². The Bertz CT molecular complexity index is 844. The normalized spacial score (nSPS) is 12.0. The zero-order valence-corrected chi connectivity index (χ0v) is 14.1. The van der Waals surface area contributed by atoms with E-state index >= 15 is 0 Å². The van der Waals surface area contributed by atoms with Crippen LogP contribution in [0.1, 0.15) is 11.3 Å². The van der Waals surface area contributed by atoms with Crippen LogP contribution < -0.4 is 9.88 Å². The Morgan fingerprint density at radius 2 is 2.05 bits per heavy atom. The standard InChI is InChI=1S/C13H13Cl2N3O3S/c1-8-10(5-6-22(16,19)20)13(18(2)17-8)21-12-4-3-9(14)7-11(12)15/h3-7H,1-2H3,(H2,16,19,20)/b6-5+. The largest absolute Gasteiger partial charge is 0.437 e. The van der Waals surface area contributed by atoms with Crippen molar-refractivity contribution in [2.24, 2.45) is 12.2 Å². The minimum absolute atomic E-state index is 0.327. The van der Waals surface area contributed by atoms with E-state index in [-0.39, 0.29) is 0 Å². The molecule has 1 aromatic carbocycles. The van der Waals surface area contributed by atoms with Gasteiger partial charge in [0.15, 0.2) is 0 Å². The molecule has 9 heteroatoms. The third kappa shape index (κ3) is 4.01. The van der Waals surface area contributed by atoms with E-state index in [1.54, 1.807) is 32.2 Å². The first-order valence-corrected chi connectivity index (χ1v) is 8.41.